The highest BCUT2D eigenvalue weighted by Crippen LogP contribution is 2.26. The van der Waals surface area contributed by atoms with E-state index in [0.717, 1.165) is 55.0 Å². The number of rotatable bonds is 2. The average molecular weight is 363 g/mol. The molecule has 6 heteroatoms. The molecular formula is C21H25N5O. The number of nitrogens with zero attached hydrogens (tertiary/aromatic N) is 2. The fourth-order valence-corrected chi connectivity index (χ4v) is 4.16. The summed E-state index contributed by atoms with van der Waals surface area (Å²) in [6.45, 7) is 4.74. The second-order valence-electron chi connectivity index (χ2n) is 7.35. The van der Waals surface area contributed by atoms with E-state index >= 15 is 0 Å². The van der Waals surface area contributed by atoms with Crippen LogP contribution in [0.25, 0.3) is 12.3 Å². The molecule has 0 aliphatic carbocycles. The molecule has 0 amide bonds. The molecule has 1 fully saturated rings. The lowest BCUT2D eigenvalue weighted by Gasteiger charge is -2.42. The van der Waals surface area contributed by atoms with Crippen LogP contribution in [0, 0.1) is 0 Å². The van der Waals surface area contributed by atoms with Gasteiger partial charge in [0.15, 0.2) is 0 Å². The van der Waals surface area contributed by atoms with Gasteiger partial charge in [0.05, 0.1) is 12.6 Å². The molecule has 1 saturated heterocycles. The van der Waals surface area contributed by atoms with Gasteiger partial charge in [-0.3, -0.25) is 0 Å². The van der Waals surface area contributed by atoms with Gasteiger partial charge in [-0.15, -0.1) is 0 Å². The Kier molecular flexibility index (Phi) is 4.13. The molecule has 3 aliphatic rings. The van der Waals surface area contributed by atoms with Crippen LogP contribution in [0.15, 0.2) is 36.3 Å². The number of imidazole rings is 1. The average Bonchev–Trinajstić information content (AvgIpc) is 3.21. The minimum Gasteiger partial charge on any atom is -0.493 e. The SMILES string of the molecule is CCC1=CNc2cc3c(cc2=C1)OCCC1CNCC(c2ncc[nH]2)N1C=3. The van der Waals surface area contributed by atoms with E-state index in [4.69, 9.17) is 4.74 Å². The van der Waals surface area contributed by atoms with Crippen LogP contribution in [-0.2, 0) is 0 Å². The number of aromatic amines is 1. The molecule has 27 heavy (non-hydrogen) atoms. The van der Waals surface area contributed by atoms with Crippen molar-refractivity contribution in [2.75, 3.05) is 25.0 Å². The van der Waals surface area contributed by atoms with Crippen molar-refractivity contribution in [3.8, 4) is 5.75 Å². The zero-order valence-electron chi connectivity index (χ0n) is 15.5. The Balaban J connectivity index is 1.61. The van der Waals surface area contributed by atoms with Crippen molar-refractivity contribution < 1.29 is 4.74 Å². The number of H-pyrrole nitrogens is 1. The quantitative estimate of drug-likeness (QED) is 0.754. The normalized spacial score (nSPS) is 23.7. The molecule has 0 saturated carbocycles. The molecule has 140 valence electrons. The second-order valence-corrected chi connectivity index (χ2v) is 7.35. The van der Waals surface area contributed by atoms with E-state index in [1.54, 1.807) is 0 Å². The number of hydrogen-bond donors (Lipinski definition) is 3. The molecule has 5 rings (SSSR count). The van der Waals surface area contributed by atoms with Crippen molar-refractivity contribution in [1.82, 2.24) is 20.2 Å². The molecule has 1 aromatic carbocycles. The third-order valence-electron chi connectivity index (χ3n) is 5.68. The van der Waals surface area contributed by atoms with Crippen molar-refractivity contribution in [2.45, 2.75) is 31.8 Å². The summed E-state index contributed by atoms with van der Waals surface area (Å²) in [5, 5.41) is 9.31. The number of ether oxygens (including phenoxy) is 1. The number of allylic oxidation sites excluding steroid dienone is 1. The molecule has 2 aromatic rings. The molecule has 6 nitrogen and oxygen atoms in total. The zero-order chi connectivity index (χ0) is 18.2. The number of hydrogen-bond acceptors (Lipinski definition) is 5. The summed E-state index contributed by atoms with van der Waals surface area (Å²) in [5.41, 5.74) is 2.44. The number of piperazine rings is 1. The second kappa shape index (κ2) is 6.78. The van der Waals surface area contributed by atoms with Gasteiger partial charge >= 0.3 is 0 Å². The minimum atomic E-state index is 0.201. The van der Waals surface area contributed by atoms with E-state index in [0.29, 0.717) is 6.04 Å². The predicted octanol–water partition coefficient (Wildman–Crippen LogP) is 1.45. The van der Waals surface area contributed by atoms with E-state index in [1.165, 1.54) is 10.8 Å². The predicted molar refractivity (Wildman–Crippen MR) is 107 cm³/mol. The van der Waals surface area contributed by atoms with Crippen LogP contribution in [0.1, 0.15) is 31.6 Å². The van der Waals surface area contributed by atoms with Crippen molar-refractivity contribution >= 4 is 18.0 Å². The van der Waals surface area contributed by atoms with Crippen LogP contribution in [0.4, 0.5) is 5.69 Å². The Hall–Kier alpha value is -2.73. The maximum Gasteiger partial charge on any atom is 0.130 e. The van der Waals surface area contributed by atoms with Gasteiger partial charge in [-0.1, -0.05) is 6.92 Å². The zero-order valence-corrected chi connectivity index (χ0v) is 15.5. The summed E-state index contributed by atoms with van der Waals surface area (Å²) >= 11 is 0. The van der Waals surface area contributed by atoms with Crippen LogP contribution in [0.3, 0.4) is 0 Å². The fraction of sp³-hybridized carbons (Fsp3) is 0.381. The molecule has 0 spiro atoms. The van der Waals surface area contributed by atoms with Crippen LogP contribution < -0.4 is 25.8 Å². The van der Waals surface area contributed by atoms with Crippen molar-refractivity contribution in [3.63, 3.8) is 0 Å². The Labute approximate surface area is 158 Å². The van der Waals surface area contributed by atoms with E-state index in [-0.39, 0.29) is 6.04 Å². The Bertz CT molecular complexity index is 979. The van der Waals surface area contributed by atoms with Gasteiger partial charge in [0.1, 0.15) is 11.6 Å². The van der Waals surface area contributed by atoms with Crippen molar-refractivity contribution in [1.29, 1.82) is 0 Å². The highest BCUT2D eigenvalue weighted by Gasteiger charge is 2.31. The third-order valence-corrected chi connectivity index (χ3v) is 5.68. The maximum absolute atomic E-state index is 6.16. The van der Waals surface area contributed by atoms with Gasteiger partial charge in [0.25, 0.3) is 0 Å². The standard InChI is InChI=1S/C21H25N5O/c1-2-14-7-15-9-20-16(8-18(15)25-10-14)13-26-17(3-6-27-20)11-22-12-19(26)21-23-4-5-24-21/h4-5,7-10,13,17,19,22,25H,2-3,6,11-12H2,1H3,(H,23,24). The number of anilines is 1. The van der Waals surface area contributed by atoms with Gasteiger partial charge in [-0.25, -0.2) is 4.98 Å². The van der Waals surface area contributed by atoms with Gasteiger partial charge in [-0.05, 0) is 30.2 Å². The summed E-state index contributed by atoms with van der Waals surface area (Å²) in [7, 11) is 0. The lowest BCUT2D eigenvalue weighted by molar-refractivity contribution is 0.139. The summed E-state index contributed by atoms with van der Waals surface area (Å²) in [6.07, 6.45) is 12.3. The lowest BCUT2D eigenvalue weighted by atomic mass is 10.0. The van der Waals surface area contributed by atoms with Gasteiger partial charge < -0.3 is 25.3 Å². The molecule has 4 heterocycles. The van der Waals surface area contributed by atoms with Gasteiger partial charge in [0, 0.05) is 66.5 Å². The van der Waals surface area contributed by atoms with E-state index in [1.807, 2.05) is 12.4 Å². The highest BCUT2D eigenvalue weighted by molar-refractivity contribution is 5.64. The van der Waals surface area contributed by atoms with E-state index in [9.17, 15) is 0 Å². The molecule has 1 aromatic heterocycles. The first kappa shape index (κ1) is 16.4. The molecule has 0 bridgehead atoms. The van der Waals surface area contributed by atoms with Crippen LogP contribution in [-0.4, -0.2) is 40.6 Å². The number of fused-ring (bicyclic) bond motifs is 3. The van der Waals surface area contributed by atoms with E-state index < -0.39 is 0 Å². The summed E-state index contributed by atoms with van der Waals surface area (Å²) in [5.74, 6) is 1.96. The molecule has 2 unspecified atom stereocenters. The highest BCUT2D eigenvalue weighted by atomic mass is 16.5. The summed E-state index contributed by atoms with van der Waals surface area (Å²) in [4.78, 5) is 10.3. The van der Waals surface area contributed by atoms with Gasteiger partial charge in [0.2, 0.25) is 0 Å². The molecule has 0 radical (unpaired) electrons. The van der Waals surface area contributed by atoms with Gasteiger partial charge in [-0.2, -0.15) is 0 Å². The summed E-state index contributed by atoms with van der Waals surface area (Å²) in [6, 6.07) is 4.96. The summed E-state index contributed by atoms with van der Waals surface area (Å²) < 4.78 is 6.16. The third kappa shape index (κ3) is 3.00. The molecule has 2 atom stereocenters. The fourth-order valence-electron chi connectivity index (χ4n) is 4.16. The Morgan fingerprint density at radius 1 is 1.26 bits per heavy atom. The first-order valence-electron chi connectivity index (χ1n) is 9.75. The van der Waals surface area contributed by atoms with Crippen LogP contribution in [0.5, 0.6) is 5.75 Å². The minimum absolute atomic E-state index is 0.201. The number of nitrogens with one attached hydrogen (secondary N) is 3. The van der Waals surface area contributed by atoms with Crippen LogP contribution >= 0.6 is 0 Å². The van der Waals surface area contributed by atoms with Crippen molar-refractivity contribution in [3.05, 3.63) is 52.6 Å². The van der Waals surface area contributed by atoms with Crippen LogP contribution in [0.2, 0.25) is 0 Å². The molecule has 3 aliphatic heterocycles. The first-order valence-corrected chi connectivity index (χ1v) is 9.75. The largest absolute Gasteiger partial charge is 0.493 e. The monoisotopic (exact) mass is 363 g/mol. The Morgan fingerprint density at radius 2 is 2.22 bits per heavy atom. The Morgan fingerprint density at radius 3 is 3.07 bits per heavy atom. The smallest absolute Gasteiger partial charge is 0.130 e. The lowest BCUT2D eigenvalue weighted by Crippen LogP contribution is -2.52. The number of benzene rings is 1. The molecule has 3 N–H and O–H groups in total. The first-order chi connectivity index (χ1) is 13.3. The maximum atomic E-state index is 6.16. The van der Waals surface area contributed by atoms with Crippen molar-refractivity contribution in [2.24, 2.45) is 0 Å². The molecular weight excluding hydrogens is 338 g/mol. The topological polar surface area (TPSA) is 65.2 Å². The van der Waals surface area contributed by atoms with E-state index in [2.05, 4.69) is 63.0 Å². The number of aromatic nitrogens is 2.